The van der Waals surface area contributed by atoms with Crippen LogP contribution < -0.4 is 37.2 Å². The van der Waals surface area contributed by atoms with Crippen molar-refractivity contribution in [1.82, 2.24) is 4.98 Å². The molecule has 0 aliphatic heterocycles. The first kappa shape index (κ1) is 43.7. The smallest absolute Gasteiger partial charge is 1.00 e. The van der Waals surface area contributed by atoms with Crippen LogP contribution in [0.2, 0.25) is 0 Å². The number of benzene rings is 2. The molecule has 4 fully saturated rings. The molecular formula is C44H57Cl3FeN3. The van der Waals surface area contributed by atoms with Gasteiger partial charge in [-0.2, -0.15) is 0 Å². The molecular weight excluding hydrogens is 733 g/mol. The fourth-order valence-electron chi connectivity index (χ4n) is 9.55. The average Bonchev–Trinajstić information content (AvgIpc) is 3.14. The minimum atomic E-state index is 0. The number of para-hydroxylation sites is 2. The van der Waals surface area contributed by atoms with E-state index in [4.69, 9.17) is 15.0 Å². The average molecular weight is 790 g/mol. The number of halogens is 3. The van der Waals surface area contributed by atoms with Gasteiger partial charge in [0.15, 0.2) is 0 Å². The molecule has 0 atom stereocenters. The Balaban J connectivity index is 0.00000176. The molecule has 0 saturated heterocycles. The van der Waals surface area contributed by atoms with Crippen molar-refractivity contribution < 1.29 is 54.3 Å². The van der Waals surface area contributed by atoms with Crippen LogP contribution >= 0.6 is 0 Å². The molecule has 0 bridgehead atoms. The van der Waals surface area contributed by atoms with Crippen LogP contribution in [0.1, 0.15) is 191 Å². The quantitative estimate of drug-likeness (QED) is 0.251. The number of pyridine rings is 1. The van der Waals surface area contributed by atoms with Gasteiger partial charge in [0.1, 0.15) is 0 Å². The second kappa shape index (κ2) is 21.9. The SMILES string of the molecule is Cc1cc(C=Nc2c(C3CCCCC3)cccc2C2CCCCC2)nc(C=Nc2c(C3CCCCC3)cccc2C2CCCCC2)c1.[Cl-].[Cl-].[Cl-].[Fe+3]. The number of hydrogen-bond acceptors (Lipinski definition) is 3. The summed E-state index contributed by atoms with van der Waals surface area (Å²) in [6.45, 7) is 2.18. The molecule has 4 aliphatic carbocycles. The maximum absolute atomic E-state index is 5.35. The second-order valence-electron chi connectivity index (χ2n) is 15.4. The van der Waals surface area contributed by atoms with Crippen LogP contribution in [0.3, 0.4) is 0 Å². The van der Waals surface area contributed by atoms with E-state index in [1.54, 1.807) is 0 Å². The van der Waals surface area contributed by atoms with E-state index in [1.807, 2.05) is 0 Å². The van der Waals surface area contributed by atoms with Crippen LogP contribution in [-0.2, 0) is 17.1 Å². The number of nitrogens with zero attached hydrogens (tertiary/aromatic N) is 3. The van der Waals surface area contributed by atoms with Crippen LogP contribution in [0, 0.1) is 6.92 Å². The van der Waals surface area contributed by atoms with Crippen molar-refractivity contribution in [3.8, 4) is 0 Å². The van der Waals surface area contributed by atoms with Crippen LogP contribution in [0.5, 0.6) is 0 Å². The van der Waals surface area contributed by atoms with Crippen molar-refractivity contribution in [1.29, 1.82) is 0 Å². The normalized spacial score (nSPS) is 19.5. The molecule has 0 spiro atoms. The third-order valence-corrected chi connectivity index (χ3v) is 12.0. The first-order valence-corrected chi connectivity index (χ1v) is 19.6. The maximum atomic E-state index is 5.35. The Labute approximate surface area is 337 Å². The van der Waals surface area contributed by atoms with Gasteiger partial charge < -0.3 is 37.2 Å². The van der Waals surface area contributed by atoms with E-state index in [2.05, 4.69) is 67.9 Å². The zero-order chi connectivity index (χ0) is 31.8. The molecule has 7 rings (SSSR count). The Morgan fingerprint density at radius 3 is 1.02 bits per heavy atom. The van der Waals surface area contributed by atoms with Crippen molar-refractivity contribution in [2.45, 2.75) is 159 Å². The van der Waals surface area contributed by atoms with Crippen molar-refractivity contribution in [2.75, 3.05) is 0 Å². The molecule has 3 aromatic rings. The zero-order valence-corrected chi connectivity index (χ0v) is 33.9. The topological polar surface area (TPSA) is 37.6 Å². The predicted molar refractivity (Wildman–Crippen MR) is 200 cm³/mol. The molecule has 2 aromatic carbocycles. The summed E-state index contributed by atoms with van der Waals surface area (Å²) < 4.78 is 0. The summed E-state index contributed by atoms with van der Waals surface area (Å²) in [4.78, 5) is 15.8. The number of hydrogen-bond donors (Lipinski definition) is 0. The van der Waals surface area contributed by atoms with E-state index in [0.717, 1.165) is 11.4 Å². The molecule has 1 aromatic heterocycles. The minimum Gasteiger partial charge on any atom is -1.00 e. The molecule has 0 N–H and O–H groups in total. The van der Waals surface area contributed by atoms with Gasteiger partial charge in [0.2, 0.25) is 0 Å². The third kappa shape index (κ3) is 11.2. The third-order valence-electron chi connectivity index (χ3n) is 12.0. The Kier molecular flexibility index (Phi) is 18.8. The van der Waals surface area contributed by atoms with Gasteiger partial charge in [-0.25, -0.2) is 4.98 Å². The van der Waals surface area contributed by atoms with E-state index in [0.29, 0.717) is 23.7 Å². The molecule has 1 heterocycles. The van der Waals surface area contributed by atoms with Gasteiger partial charge in [0.05, 0.1) is 35.2 Å². The van der Waals surface area contributed by atoms with Gasteiger partial charge in [-0.05, 0) is 122 Å². The first-order chi connectivity index (χ1) is 23.2. The van der Waals surface area contributed by atoms with Crippen LogP contribution in [-0.4, -0.2) is 17.4 Å². The summed E-state index contributed by atoms with van der Waals surface area (Å²) in [5, 5.41) is 0. The van der Waals surface area contributed by atoms with E-state index in [9.17, 15) is 0 Å². The molecule has 277 valence electrons. The minimum absolute atomic E-state index is 0. The van der Waals surface area contributed by atoms with E-state index < -0.39 is 0 Å². The molecule has 7 heteroatoms. The summed E-state index contributed by atoms with van der Waals surface area (Å²) in [6.07, 6.45) is 30.7. The van der Waals surface area contributed by atoms with Gasteiger partial charge in [-0.15, -0.1) is 0 Å². The number of aryl methyl sites for hydroxylation is 1. The fraction of sp³-hybridized carbons (Fsp3) is 0.568. The molecule has 0 unspecified atom stereocenters. The molecule has 0 amide bonds. The van der Waals surface area contributed by atoms with E-state index in [1.165, 1.54) is 168 Å². The first-order valence-electron chi connectivity index (χ1n) is 19.6. The van der Waals surface area contributed by atoms with Gasteiger partial charge in [-0.3, -0.25) is 9.98 Å². The largest absolute Gasteiger partial charge is 3.00 e. The van der Waals surface area contributed by atoms with Crippen molar-refractivity contribution >= 4 is 23.8 Å². The van der Waals surface area contributed by atoms with Crippen molar-refractivity contribution in [2.24, 2.45) is 9.98 Å². The molecule has 4 aliphatic rings. The Morgan fingerprint density at radius 2 is 0.745 bits per heavy atom. The summed E-state index contributed by atoms with van der Waals surface area (Å²) in [5.74, 6) is 2.54. The zero-order valence-electron chi connectivity index (χ0n) is 30.6. The van der Waals surface area contributed by atoms with Crippen molar-refractivity contribution in [3.63, 3.8) is 0 Å². The monoisotopic (exact) mass is 788 g/mol. The van der Waals surface area contributed by atoms with Gasteiger partial charge >= 0.3 is 17.1 Å². The Hall–Kier alpha value is -1.68. The summed E-state index contributed by atoms with van der Waals surface area (Å²) in [7, 11) is 0. The maximum Gasteiger partial charge on any atom is 3.00 e. The molecule has 51 heavy (non-hydrogen) atoms. The van der Waals surface area contributed by atoms with Crippen LogP contribution in [0.25, 0.3) is 0 Å². The van der Waals surface area contributed by atoms with E-state index >= 15 is 0 Å². The second-order valence-corrected chi connectivity index (χ2v) is 15.4. The summed E-state index contributed by atoms with van der Waals surface area (Å²) in [5.41, 5.74) is 11.5. The van der Waals surface area contributed by atoms with Crippen molar-refractivity contribution in [3.05, 3.63) is 87.7 Å². The number of aliphatic imine (C=N–C) groups is 2. The van der Waals surface area contributed by atoms with E-state index in [-0.39, 0.29) is 54.3 Å². The van der Waals surface area contributed by atoms with Crippen LogP contribution in [0.15, 0.2) is 58.5 Å². The standard InChI is InChI=1S/C44H57N3.3ClH.Fe/c1-32-28-37(30-45-43-39(33-16-6-2-7-17-33)24-14-25-40(43)34-18-8-3-9-19-34)47-38(29-32)31-46-44-41(35-20-10-4-11-21-35)26-15-27-42(44)36-22-12-5-13-23-36;;;;/h14-15,24-31,33-36H,2-13,16-23H2,1H3;3*1H;/q;;;;+3/p-3. The fourth-order valence-corrected chi connectivity index (χ4v) is 9.55. The Morgan fingerprint density at radius 1 is 0.471 bits per heavy atom. The molecule has 4 saturated carbocycles. The van der Waals surface area contributed by atoms with Gasteiger partial charge in [0, 0.05) is 0 Å². The number of aromatic nitrogens is 1. The Bertz CT molecular complexity index is 1360. The summed E-state index contributed by atoms with van der Waals surface area (Å²) in [6, 6.07) is 18.5. The van der Waals surface area contributed by atoms with Gasteiger partial charge in [-0.1, -0.05) is 113 Å². The van der Waals surface area contributed by atoms with Gasteiger partial charge in [0.25, 0.3) is 0 Å². The molecule has 3 nitrogen and oxygen atoms in total. The molecule has 1 radical (unpaired) electrons. The summed E-state index contributed by atoms with van der Waals surface area (Å²) >= 11 is 0. The predicted octanol–water partition coefficient (Wildman–Crippen LogP) is 4.09. The number of rotatable bonds is 8. The van der Waals surface area contributed by atoms with Crippen LogP contribution in [0.4, 0.5) is 11.4 Å².